The van der Waals surface area contributed by atoms with E-state index in [0.717, 1.165) is 5.69 Å². The Labute approximate surface area is 239 Å². The number of hydrogen-bond donors (Lipinski definition) is 3. The summed E-state index contributed by atoms with van der Waals surface area (Å²) < 4.78 is 20.1. The van der Waals surface area contributed by atoms with Crippen LogP contribution in [0.2, 0.25) is 0 Å². The number of aliphatic carboxylic acids is 1. The highest BCUT2D eigenvalue weighted by atomic mass is 79.9. The Morgan fingerprint density at radius 2 is 1.82 bits per heavy atom. The second-order valence-corrected chi connectivity index (χ2v) is 9.18. The number of halogens is 1. The number of hydrogen-bond acceptors (Lipinski definition) is 8. The zero-order valence-electron chi connectivity index (χ0n) is 22.4. The first-order chi connectivity index (χ1) is 19.2. The second-order valence-electron chi connectivity index (χ2n) is 8.54. The van der Waals surface area contributed by atoms with E-state index in [1.807, 2.05) is 26.0 Å². The van der Waals surface area contributed by atoms with Crippen molar-refractivity contribution in [2.45, 2.75) is 33.4 Å². The number of aryl methyl sites for hydroxylation is 2. The summed E-state index contributed by atoms with van der Waals surface area (Å²) in [5, 5.41) is 16.5. The number of benzene rings is 1. The van der Waals surface area contributed by atoms with Crippen LogP contribution in [0.25, 0.3) is 11.0 Å². The maximum absolute atomic E-state index is 13.2. The predicted molar refractivity (Wildman–Crippen MR) is 151 cm³/mol. The fourth-order valence-electron chi connectivity index (χ4n) is 3.83. The van der Waals surface area contributed by atoms with Crippen LogP contribution in [0.5, 0.6) is 5.75 Å². The van der Waals surface area contributed by atoms with Gasteiger partial charge in [-0.15, -0.1) is 0 Å². The molecule has 216 valence electrons. The van der Waals surface area contributed by atoms with E-state index in [0.29, 0.717) is 40.9 Å². The molecule has 0 spiro atoms. The lowest BCUT2D eigenvalue weighted by atomic mass is 10.1. The van der Waals surface area contributed by atoms with Gasteiger partial charge in [-0.25, -0.2) is 4.98 Å². The number of carbonyl (C=O) groups is 3. The van der Waals surface area contributed by atoms with E-state index in [1.165, 1.54) is 6.07 Å². The summed E-state index contributed by atoms with van der Waals surface area (Å²) in [6.45, 7) is 5.58. The van der Waals surface area contributed by atoms with Crippen molar-refractivity contribution < 1.29 is 33.7 Å². The summed E-state index contributed by atoms with van der Waals surface area (Å²) in [5.41, 5.74) is 7.86. The number of fused-ring (bicyclic) bond motifs is 1. The molecule has 0 unspecified atom stereocenters. The predicted octanol–water partition coefficient (Wildman–Crippen LogP) is 2.75. The minimum absolute atomic E-state index is 0.0713. The van der Waals surface area contributed by atoms with Crippen LogP contribution < -0.4 is 15.8 Å². The van der Waals surface area contributed by atoms with Crippen molar-refractivity contribution in [3.05, 3.63) is 47.3 Å². The van der Waals surface area contributed by atoms with Crippen molar-refractivity contribution in [2.24, 2.45) is 5.73 Å². The van der Waals surface area contributed by atoms with E-state index >= 15 is 0 Å². The summed E-state index contributed by atoms with van der Waals surface area (Å²) in [6.07, 6.45) is 3.75. The molecule has 3 rings (SSSR count). The SMILES string of the molecule is CCn1nc(C)cc1C(=O)Nc1nc2cc(C(N)=O)cc(OCCOCCOCCC(=O)O)c2n1C/C=C/CBr. The molecule has 0 aliphatic heterocycles. The number of carbonyl (C=O) groups excluding carboxylic acids is 2. The van der Waals surface area contributed by atoms with Crippen molar-refractivity contribution in [1.82, 2.24) is 19.3 Å². The van der Waals surface area contributed by atoms with Gasteiger partial charge in [0.1, 0.15) is 23.6 Å². The summed E-state index contributed by atoms with van der Waals surface area (Å²) in [4.78, 5) is 40.3. The first-order valence-electron chi connectivity index (χ1n) is 12.7. The molecular weight excluding hydrogens is 588 g/mol. The number of nitrogens with two attached hydrogens (primary N) is 1. The number of carboxylic acid groups (broad SMARTS) is 1. The van der Waals surface area contributed by atoms with Gasteiger partial charge in [0.05, 0.1) is 44.1 Å². The van der Waals surface area contributed by atoms with Gasteiger partial charge in [-0.2, -0.15) is 5.10 Å². The van der Waals surface area contributed by atoms with Crippen molar-refractivity contribution in [2.75, 3.05) is 43.7 Å². The summed E-state index contributed by atoms with van der Waals surface area (Å²) in [7, 11) is 0. The van der Waals surface area contributed by atoms with E-state index in [-0.39, 0.29) is 56.9 Å². The normalized spacial score (nSPS) is 11.4. The van der Waals surface area contributed by atoms with E-state index in [1.54, 1.807) is 21.4 Å². The summed E-state index contributed by atoms with van der Waals surface area (Å²) >= 11 is 3.37. The fourth-order valence-corrected chi connectivity index (χ4v) is 4.09. The molecule has 0 radical (unpaired) electrons. The van der Waals surface area contributed by atoms with Gasteiger partial charge in [-0.05, 0) is 32.0 Å². The molecule has 0 fully saturated rings. The fraction of sp³-hybridized carbons (Fsp3) is 0.423. The monoisotopic (exact) mass is 620 g/mol. The van der Waals surface area contributed by atoms with Crippen molar-refractivity contribution in [3.63, 3.8) is 0 Å². The standard InChI is InChI=1S/C26H33BrN6O7/c1-3-33-20(14-17(2)31-33)25(37)30-26-29-19-15-18(24(28)36)16-21(23(19)32(26)8-5-4-7-27)40-13-12-39-11-10-38-9-6-22(34)35/h4-5,14-16H,3,6-13H2,1-2H3,(H2,28,36)(H,34,35)(H,29,30,37)/b5-4+. The largest absolute Gasteiger partial charge is 0.489 e. The Kier molecular flexibility index (Phi) is 11.7. The Bertz CT molecular complexity index is 1370. The molecule has 2 amide bonds. The van der Waals surface area contributed by atoms with Gasteiger partial charge in [0, 0.05) is 24.0 Å². The van der Waals surface area contributed by atoms with Gasteiger partial charge < -0.3 is 29.6 Å². The molecule has 14 heteroatoms. The third-order valence-electron chi connectivity index (χ3n) is 5.61. The molecule has 2 heterocycles. The molecule has 0 aliphatic rings. The lowest BCUT2D eigenvalue weighted by Crippen LogP contribution is -2.20. The maximum Gasteiger partial charge on any atom is 0.305 e. The number of primary amides is 1. The first-order valence-corrected chi connectivity index (χ1v) is 13.8. The Morgan fingerprint density at radius 3 is 2.50 bits per heavy atom. The number of aromatic nitrogens is 4. The highest BCUT2D eigenvalue weighted by Crippen LogP contribution is 2.31. The Hall–Kier alpha value is -3.75. The zero-order chi connectivity index (χ0) is 29.1. The van der Waals surface area contributed by atoms with Gasteiger partial charge in [-0.3, -0.25) is 24.4 Å². The number of nitrogens with one attached hydrogen (secondary N) is 1. The number of rotatable bonds is 17. The molecule has 0 bridgehead atoms. The number of nitrogens with zero attached hydrogens (tertiary/aromatic N) is 4. The lowest BCUT2D eigenvalue weighted by Gasteiger charge is -2.13. The van der Waals surface area contributed by atoms with E-state index < -0.39 is 11.9 Å². The topological polar surface area (TPSA) is 173 Å². The van der Waals surface area contributed by atoms with Crippen LogP contribution in [-0.4, -0.2) is 80.6 Å². The number of allylic oxidation sites excluding steroid dienone is 2. The second kappa shape index (κ2) is 15.1. The number of carboxylic acids is 1. The minimum atomic E-state index is -0.925. The van der Waals surface area contributed by atoms with E-state index in [2.05, 4.69) is 31.3 Å². The molecule has 1 aromatic carbocycles. The average molecular weight is 621 g/mol. The average Bonchev–Trinajstić information content (AvgIpc) is 3.47. The number of anilines is 1. The van der Waals surface area contributed by atoms with Crippen molar-refractivity contribution in [1.29, 1.82) is 0 Å². The van der Waals surface area contributed by atoms with Crippen LogP contribution in [0, 0.1) is 6.92 Å². The number of ether oxygens (including phenoxy) is 3. The number of alkyl halides is 1. The van der Waals surface area contributed by atoms with Gasteiger partial charge >= 0.3 is 5.97 Å². The van der Waals surface area contributed by atoms with E-state index in [9.17, 15) is 14.4 Å². The number of amides is 2. The third-order valence-corrected chi connectivity index (χ3v) is 5.99. The summed E-state index contributed by atoms with van der Waals surface area (Å²) in [6, 6.07) is 4.79. The zero-order valence-corrected chi connectivity index (χ0v) is 24.0. The molecule has 0 atom stereocenters. The number of imidazole rings is 1. The van der Waals surface area contributed by atoms with Crippen LogP contribution in [-0.2, 0) is 27.4 Å². The summed E-state index contributed by atoms with van der Waals surface area (Å²) in [5.74, 6) is -1.33. The van der Waals surface area contributed by atoms with Crippen LogP contribution >= 0.6 is 15.9 Å². The highest BCUT2D eigenvalue weighted by molar-refractivity contribution is 9.09. The van der Waals surface area contributed by atoms with Gasteiger partial charge in [-0.1, -0.05) is 28.1 Å². The molecule has 40 heavy (non-hydrogen) atoms. The molecule has 0 aliphatic carbocycles. The van der Waals surface area contributed by atoms with Crippen LogP contribution in [0.1, 0.15) is 39.9 Å². The van der Waals surface area contributed by atoms with Crippen molar-refractivity contribution >= 4 is 50.7 Å². The van der Waals surface area contributed by atoms with Gasteiger partial charge in [0.2, 0.25) is 11.9 Å². The minimum Gasteiger partial charge on any atom is -0.489 e. The van der Waals surface area contributed by atoms with E-state index in [4.69, 9.17) is 25.1 Å². The van der Waals surface area contributed by atoms with Crippen LogP contribution in [0.3, 0.4) is 0 Å². The molecule has 2 aromatic heterocycles. The highest BCUT2D eigenvalue weighted by Gasteiger charge is 2.21. The van der Waals surface area contributed by atoms with Crippen LogP contribution in [0.15, 0.2) is 30.4 Å². The van der Waals surface area contributed by atoms with Crippen LogP contribution in [0.4, 0.5) is 5.95 Å². The molecule has 0 saturated heterocycles. The first kappa shape index (κ1) is 30.8. The van der Waals surface area contributed by atoms with Crippen molar-refractivity contribution in [3.8, 4) is 5.75 Å². The Balaban J connectivity index is 1.84. The lowest BCUT2D eigenvalue weighted by molar-refractivity contribution is -0.138. The Morgan fingerprint density at radius 1 is 1.10 bits per heavy atom. The molecule has 3 aromatic rings. The third kappa shape index (κ3) is 8.37. The quantitative estimate of drug-likeness (QED) is 0.116. The molecular formula is C26H33BrN6O7. The van der Waals surface area contributed by atoms with Gasteiger partial charge in [0.25, 0.3) is 5.91 Å². The molecule has 13 nitrogen and oxygen atoms in total. The van der Waals surface area contributed by atoms with Gasteiger partial charge in [0.15, 0.2) is 0 Å². The molecule has 4 N–H and O–H groups in total. The smallest absolute Gasteiger partial charge is 0.305 e. The molecule has 0 saturated carbocycles. The maximum atomic E-state index is 13.2.